The fraction of sp³-hybridized carbons (Fsp3) is 0.273. The molecule has 0 unspecified atom stereocenters. The van der Waals surface area contributed by atoms with Gasteiger partial charge in [0.1, 0.15) is 0 Å². The first-order valence-corrected chi connectivity index (χ1v) is 5.41. The van der Waals surface area contributed by atoms with Gasteiger partial charge in [0.25, 0.3) is 0 Å². The molecule has 0 aliphatic carbocycles. The van der Waals surface area contributed by atoms with E-state index in [4.69, 9.17) is 5.26 Å². The minimum absolute atomic E-state index is 0.0249. The van der Waals surface area contributed by atoms with E-state index in [0.717, 1.165) is 15.6 Å². The lowest BCUT2D eigenvalue weighted by Crippen LogP contribution is -2.02. The van der Waals surface area contributed by atoms with Crippen LogP contribution in [0.1, 0.15) is 35.3 Å². The number of ketones is 1. The SMILES string of the molecule is CCc1c(I)cc(C#N)cc1C(C)=O. The van der Waals surface area contributed by atoms with Crippen LogP contribution in [0.4, 0.5) is 0 Å². The van der Waals surface area contributed by atoms with Crippen LogP contribution < -0.4 is 0 Å². The highest BCUT2D eigenvalue weighted by Gasteiger charge is 2.10. The second-order valence-corrected chi connectivity index (χ2v) is 4.17. The maximum atomic E-state index is 11.3. The maximum absolute atomic E-state index is 11.3. The summed E-state index contributed by atoms with van der Waals surface area (Å²) in [5.41, 5.74) is 2.27. The van der Waals surface area contributed by atoms with Crippen LogP contribution in [0.5, 0.6) is 0 Å². The number of nitriles is 1. The Labute approximate surface area is 97.1 Å². The van der Waals surface area contributed by atoms with Crippen molar-refractivity contribution in [3.8, 4) is 6.07 Å². The lowest BCUT2D eigenvalue weighted by Gasteiger charge is -2.07. The highest BCUT2D eigenvalue weighted by atomic mass is 127. The molecular weight excluding hydrogens is 289 g/mol. The van der Waals surface area contributed by atoms with E-state index in [1.165, 1.54) is 6.92 Å². The normalized spacial score (nSPS) is 9.57. The topological polar surface area (TPSA) is 40.9 Å². The molecule has 1 aromatic carbocycles. The number of hydrogen-bond donors (Lipinski definition) is 0. The minimum Gasteiger partial charge on any atom is -0.294 e. The third-order valence-corrected chi connectivity index (χ3v) is 3.02. The molecule has 72 valence electrons. The fourth-order valence-corrected chi connectivity index (χ4v) is 2.38. The van der Waals surface area contributed by atoms with E-state index in [-0.39, 0.29) is 5.78 Å². The van der Waals surface area contributed by atoms with Crippen LogP contribution in [-0.4, -0.2) is 5.78 Å². The molecule has 1 rings (SSSR count). The molecule has 0 aromatic heterocycles. The largest absolute Gasteiger partial charge is 0.294 e. The smallest absolute Gasteiger partial charge is 0.160 e. The summed E-state index contributed by atoms with van der Waals surface area (Å²) in [5.74, 6) is 0.0249. The molecule has 0 saturated heterocycles. The molecule has 0 aliphatic heterocycles. The van der Waals surface area contributed by atoms with Gasteiger partial charge in [-0.2, -0.15) is 5.26 Å². The molecule has 0 spiro atoms. The van der Waals surface area contributed by atoms with Gasteiger partial charge in [0.15, 0.2) is 5.78 Å². The molecule has 0 fully saturated rings. The van der Waals surface area contributed by atoms with Crippen molar-refractivity contribution < 1.29 is 4.79 Å². The molecule has 0 radical (unpaired) electrons. The number of carbonyl (C=O) groups excluding carboxylic acids is 1. The second-order valence-electron chi connectivity index (χ2n) is 3.01. The zero-order chi connectivity index (χ0) is 10.7. The van der Waals surface area contributed by atoms with Crippen LogP contribution in [0.2, 0.25) is 0 Å². The Morgan fingerprint density at radius 3 is 2.64 bits per heavy atom. The van der Waals surface area contributed by atoms with Gasteiger partial charge >= 0.3 is 0 Å². The van der Waals surface area contributed by atoms with Gasteiger partial charge in [0, 0.05) is 9.13 Å². The Morgan fingerprint density at radius 2 is 2.21 bits per heavy atom. The number of carbonyl (C=O) groups is 1. The Kier molecular flexibility index (Phi) is 3.64. The van der Waals surface area contributed by atoms with E-state index in [2.05, 4.69) is 28.7 Å². The van der Waals surface area contributed by atoms with Gasteiger partial charge in [-0.1, -0.05) is 6.92 Å². The molecular formula is C11H10INO. The van der Waals surface area contributed by atoms with Crippen molar-refractivity contribution >= 4 is 28.4 Å². The Bertz CT molecular complexity index is 418. The highest BCUT2D eigenvalue weighted by molar-refractivity contribution is 14.1. The Balaban J connectivity index is 3.45. The van der Waals surface area contributed by atoms with Gasteiger partial charge < -0.3 is 0 Å². The van der Waals surface area contributed by atoms with E-state index in [1.54, 1.807) is 6.07 Å². The summed E-state index contributed by atoms with van der Waals surface area (Å²) < 4.78 is 0.995. The van der Waals surface area contributed by atoms with Crippen molar-refractivity contribution in [2.24, 2.45) is 0 Å². The van der Waals surface area contributed by atoms with Gasteiger partial charge in [0.2, 0.25) is 0 Å². The Hall–Kier alpha value is -0.890. The van der Waals surface area contributed by atoms with Crippen LogP contribution in [0.15, 0.2) is 12.1 Å². The summed E-state index contributed by atoms with van der Waals surface area (Å²) in [6, 6.07) is 5.54. The van der Waals surface area contributed by atoms with Gasteiger partial charge in [-0.3, -0.25) is 4.79 Å². The number of nitrogens with zero attached hydrogens (tertiary/aromatic N) is 1. The number of hydrogen-bond acceptors (Lipinski definition) is 2. The monoisotopic (exact) mass is 299 g/mol. The van der Waals surface area contributed by atoms with E-state index in [9.17, 15) is 4.79 Å². The molecule has 1 aromatic rings. The average Bonchev–Trinajstić information content (AvgIpc) is 2.16. The average molecular weight is 299 g/mol. The number of halogens is 1. The molecule has 0 saturated carbocycles. The number of benzene rings is 1. The third-order valence-electron chi connectivity index (χ3n) is 2.06. The zero-order valence-corrected chi connectivity index (χ0v) is 10.3. The van der Waals surface area contributed by atoms with Crippen molar-refractivity contribution in [2.45, 2.75) is 20.3 Å². The maximum Gasteiger partial charge on any atom is 0.160 e. The van der Waals surface area contributed by atoms with Crippen molar-refractivity contribution in [3.05, 3.63) is 32.4 Å². The van der Waals surface area contributed by atoms with E-state index in [1.807, 2.05) is 13.0 Å². The summed E-state index contributed by atoms with van der Waals surface area (Å²) in [5, 5.41) is 8.77. The first kappa shape index (κ1) is 11.2. The minimum atomic E-state index is 0.0249. The zero-order valence-electron chi connectivity index (χ0n) is 8.10. The first-order valence-electron chi connectivity index (χ1n) is 4.33. The predicted octanol–water partition coefficient (Wildman–Crippen LogP) is 2.93. The summed E-state index contributed by atoms with van der Waals surface area (Å²) in [6.07, 6.45) is 0.818. The molecule has 0 aliphatic rings. The summed E-state index contributed by atoms with van der Waals surface area (Å²) in [7, 11) is 0. The van der Waals surface area contributed by atoms with Crippen LogP contribution >= 0.6 is 22.6 Å². The summed E-state index contributed by atoms with van der Waals surface area (Å²) in [4.78, 5) is 11.3. The molecule has 14 heavy (non-hydrogen) atoms. The van der Waals surface area contributed by atoms with E-state index < -0.39 is 0 Å². The van der Waals surface area contributed by atoms with Crippen LogP contribution in [0.3, 0.4) is 0 Å². The van der Waals surface area contributed by atoms with Crippen molar-refractivity contribution in [1.29, 1.82) is 5.26 Å². The van der Waals surface area contributed by atoms with Gasteiger partial charge in [-0.25, -0.2) is 0 Å². The quantitative estimate of drug-likeness (QED) is 0.622. The van der Waals surface area contributed by atoms with Crippen LogP contribution in [0.25, 0.3) is 0 Å². The van der Waals surface area contributed by atoms with Gasteiger partial charge in [0.05, 0.1) is 11.6 Å². The molecule has 3 heteroatoms. The van der Waals surface area contributed by atoms with Crippen molar-refractivity contribution in [1.82, 2.24) is 0 Å². The summed E-state index contributed by atoms with van der Waals surface area (Å²) >= 11 is 2.16. The molecule has 0 bridgehead atoms. The third kappa shape index (κ3) is 2.13. The molecule has 0 N–H and O–H groups in total. The highest BCUT2D eigenvalue weighted by Crippen LogP contribution is 2.20. The molecule has 0 heterocycles. The summed E-state index contributed by atoms with van der Waals surface area (Å²) in [6.45, 7) is 3.54. The number of rotatable bonds is 2. The first-order chi connectivity index (χ1) is 6.60. The molecule has 0 atom stereocenters. The lowest BCUT2D eigenvalue weighted by atomic mass is 10.00. The standard InChI is InChI=1S/C11H10INO/c1-3-9-10(7(2)14)4-8(6-13)5-11(9)12/h4-5H,3H2,1-2H3. The molecule has 0 amide bonds. The Morgan fingerprint density at radius 1 is 1.57 bits per heavy atom. The van der Waals surface area contributed by atoms with E-state index >= 15 is 0 Å². The van der Waals surface area contributed by atoms with Crippen LogP contribution in [0, 0.1) is 14.9 Å². The van der Waals surface area contributed by atoms with Gasteiger partial charge in [-0.15, -0.1) is 0 Å². The van der Waals surface area contributed by atoms with Crippen molar-refractivity contribution in [2.75, 3.05) is 0 Å². The predicted molar refractivity (Wildman–Crippen MR) is 63.3 cm³/mol. The van der Waals surface area contributed by atoms with Gasteiger partial charge in [-0.05, 0) is 53.6 Å². The van der Waals surface area contributed by atoms with Crippen molar-refractivity contribution in [3.63, 3.8) is 0 Å². The fourth-order valence-electron chi connectivity index (χ4n) is 1.37. The number of Topliss-reactive ketones (excluding diaryl/α,β-unsaturated/α-hetero) is 1. The molecule has 2 nitrogen and oxygen atoms in total. The van der Waals surface area contributed by atoms with Crippen LogP contribution in [-0.2, 0) is 6.42 Å². The second kappa shape index (κ2) is 4.56. The lowest BCUT2D eigenvalue weighted by molar-refractivity contribution is 0.101. The van der Waals surface area contributed by atoms with E-state index in [0.29, 0.717) is 11.1 Å².